The summed E-state index contributed by atoms with van der Waals surface area (Å²) in [5, 5.41) is 3.50. The maximum atomic E-state index is 5.33. The number of hydrogen-bond acceptors (Lipinski definition) is 4. The number of ether oxygens (including phenoxy) is 3. The first-order valence-electron chi connectivity index (χ1n) is 8.31. The van der Waals surface area contributed by atoms with Gasteiger partial charge in [0.05, 0.1) is 21.3 Å². The molecule has 0 radical (unpaired) electrons. The summed E-state index contributed by atoms with van der Waals surface area (Å²) in [5.41, 5.74) is 2.56. The highest BCUT2D eigenvalue weighted by Gasteiger charge is 2.04. The highest BCUT2D eigenvalue weighted by molar-refractivity contribution is 5.42. The lowest BCUT2D eigenvalue weighted by Gasteiger charge is -2.10. The van der Waals surface area contributed by atoms with E-state index in [-0.39, 0.29) is 0 Å². The van der Waals surface area contributed by atoms with Crippen LogP contribution in [0.1, 0.15) is 17.5 Å². The van der Waals surface area contributed by atoms with E-state index in [4.69, 9.17) is 14.2 Å². The summed E-state index contributed by atoms with van der Waals surface area (Å²) in [5.74, 6) is 2.48. The van der Waals surface area contributed by atoms with Crippen LogP contribution in [-0.2, 0) is 12.8 Å². The molecule has 0 heterocycles. The maximum absolute atomic E-state index is 5.33. The van der Waals surface area contributed by atoms with Gasteiger partial charge in [-0.05, 0) is 67.7 Å². The molecule has 2 rings (SSSR count). The normalized spacial score (nSPS) is 10.5. The zero-order valence-corrected chi connectivity index (χ0v) is 14.8. The molecular weight excluding hydrogens is 302 g/mol. The lowest BCUT2D eigenvalue weighted by Crippen LogP contribution is -2.19. The summed E-state index contributed by atoms with van der Waals surface area (Å²) < 4.78 is 15.8. The van der Waals surface area contributed by atoms with Gasteiger partial charge in [0.15, 0.2) is 11.5 Å². The Hall–Kier alpha value is -2.20. The third kappa shape index (κ3) is 5.46. The molecule has 4 nitrogen and oxygen atoms in total. The number of aryl methyl sites for hydroxylation is 1. The summed E-state index contributed by atoms with van der Waals surface area (Å²) in [4.78, 5) is 0. The molecule has 1 N–H and O–H groups in total. The van der Waals surface area contributed by atoms with Crippen molar-refractivity contribution in [1.29, 1.82) is 0 Å². The van der Waals surface area contributed by atoms with Crippen LogP contribution in [0.15, 0.2) is 42.5 Å². The van der Waals surface area contributed by atoms with Crippen LogP contribution in [0, 0.1) is 0 Å². The average Bonchev–Trinajstić information content (AvgIpc) is 2.64. The fourth-order valence-electron chi connectivity index (χ4n) is 2.64. The van der Waals surface area contributed by atoms with Gasteiger partial charge in [0, 0.05) is 0 Å². The number of methoxy groups -OCH3 is 3. The third-order valence-electron chi connectivity index (χ3n) is 3.99. The van der Waals surface area contributed by atoms with E-state index in [0.29, 0.717) is 0 Å². The van der Waals surface area contributed by atoms with E-state index in [9.17, 15) is 0 Å². The molecule has 2 aromatic rings. The van der Waals surface area contributed by atoms with E-state index < -0.39 is 0 Å². The van der Waals surface area contributed by atoms with E-state index in [1.54, 1.807) is 21.3 Å². The van der Waals surface area contributed by atoms with Crippen molar-refractivity contribution in [3.8, 4) is 17.2 Å². The van der Waals surface area contributed by atoms with Crippen molar-refractivity contribution in [2.75, 3.05) is 34.4 Å². The smallest absolute Gasteiger partial charge is 0.160 e. The van der Waals surface area contributed by atoms with Gasteiger partial charge in [0.1, 0.15) is 5.75 Å². The Labute approximate surface area is 144 Å². The average molecular weight is 329 g/mol. The first kappa shape index (κ1) is 18.1. The van der Waals surface area contributed by atoms with Crippen LogP contribution in [0.5, 0.6) is 17.2 Å². The van der Waals surface area contributed by atoms with Crippen LogP contribution >= 0.6 is 0 Å². The van der Waals surface area contributed by atoms with E-state index >= 15 is 0 Å². The van der Waals surface area contributed by atoms with Crippen LogP contribution in [0.4, 0.5) is 0 Å². The zero-order valence-electron chi connectivity index (χ0n) is 14.8. The number of nitrogens with one attached hydrogen (secondary N) is 1. The summed E-state index contributed by atoms with van der Waals surface area (Å²) >= 11 is 0. The maximum Gasteiger partial charge on any atom is 0.160 e. The Bertz CT molecular complexity index is 628. The number of hydrogen-bond donors (Lipinski definition) is 1. The largest absolute Gasteiger partial charge is 0.497 e. The van der Waals surface area contributed by atoms with E-state index in [0.717, 1.165) is 49.6 Å². The number of benzene rings is 2. The fourth-order valence-corrected chi connectivity index (χ4v) is 2.64. The number of rotatable bonds is 10. The molecule has 0 saturated carbocycles. The van der Waals surface area contributed by atoms with Crippen LogP contribution in [0.25, 0.3) is 0 Å². The monoisotopic (exact) mass is 329 g/mol. The highest BCUT2D eigenvalue weighted by Crippen LogP contribution is 2.27. The van der Waals surface area contributed by atoms with Crippen LogP contribution in [0.2, 0.25) is 0 Å². The van der Waals surface area contributed by atoms with E-state index in [2.05, 4.69) is 23.5 Å². The van der Waals surface area contributed by atoms with Gasteiger partial charge in [-0.25, -0.2) is 0 Å². The lowest BCUT2D eigenvalue weighted by molar-refractivity contribution is 0.354. The fraction of sp³-hybridized carbons (Fsp3) is 0.400. The Kier molecular flexibility index (Phi) is 7.43. The second-order valence-corrected chi connectivity index (χ2v) is 5.64. The minimum absolute atomic E-state index is 0.771. The first-order chi connectivity index (χ1) is 11.8. The van der Waals surface area contributed by atoms with Crippen LogP contribution < -0.4 is 19.5 Å². The molecule has 0 aliphatic heterocycles. The highest BCUT2D eigenvalue weighted by atomic mass is 16.5. The predicted molar refractivity (Wildman–Crippen MR) is 97.4 cm³/mol. The molecule has 2 aromatic carbocycles. The summed E-state index contributed by atoms with van der Waals surface area (Å²) in [7, 11) is 5.02. The Morgan fingerprint density at radius 2 is 1.54 bits per heavy atom. The molecule has 0 aliphatic carbocycles. The quantitative estimate of drug-likeness (QED) is 0.678. The summed E-state index contributed by atoms with van der Waals surface area (Å²) in [6.07, 6.45) is 3.14. The van der Waals surface area contributed by atoms with Gasteiger partial charge >= 0.3 is 0 Å². The molecule has 0 atom stereocenters. The second kappa shape index (κ2) is 9.83. The molecule has 0 aliphatic rings. The van der Waals surface area contributed by atoms with Gasteiger partial charge < -0.3 is 19.5 Å². The predicted octanol–water partition coefficient (Wildman–Crippen LogP) is 3.48. The third-order valence-corrected chi connectivity index (χ3v) is 3.99. The molecule has 0 amide bonds. The minimum atomic E-state index is 0.771. The molecule has 130 valence electrons. The van der Waals surface area contributed by atoms with Crippen molar-refractivity contribution < 1.29 is 14.2 Å². The first-order valence-corrected chi connectivity index (χ1v) is 8.31. The van der Waals surface area contributed by atoms with Crippen molar-refractivity contribution in [3.63, 3.8) is 0 Å². The Morgan fingerprint density at radius 3 is 2.29 bits per heavy atom. The van der Waals surface area contributed by atoms with Gasteiger partial charge in [-0.3, -0.25) is 0 Å². The molecule has 0 saturated heterocycles. The summed E-state index contributed by atoms with van der Waals surface area (Å²) in [6, 6.07) is 14.3. The topological polar surface area (TPSA) is 39.7 Å². The second-order valence-electron chi connectivity index (χ2n) is 5.64. The van der Waals surface area contributed by atoms with Crippen molar-refractivity contribution >= 4 is 0 Å². The SMILES string of the molecule is COc1cccc(CCCNCCc2ccc(OC)c(OC)c2)c1. The molecular formula is C20H27NO3. The standard InChI is InChI=1S/C20H27NO3/c1-22-18-8-4-6-16(14-18)7-5-12-21-13-11-17-9-10-19(23-2)20(15-17)24-3/h4,6,8-10,14-15,21H,5,7,11-13H2,1-3H3. The molecule has 4 heteroatoms. The van der Waals surface area contributed by atoms with Crippen LogP contribution in [-0.4, -0.2) is 34.4 Å². The van der Waals surface area contributed by atoms with E-state index in [1.807, 2.05) is 24.3 Å². The Balaban J connectivity index is 1.68. The lowest BCUT2D eigenvalue weighted by atomic mass is 10.1. The van der Waals surface area contributed by atoms with E-state index in [1.165, 1.54) is 11.1 Å². The van der Waals surface area contributed by atoms with Crippen molar-refractivity contribution in [2.45, 2.75) is 19.3 Å². The molecule has 0 unspecified atom stereocenters. The molecule has 24 heavy (non-hydrogen) atoms. The van der Waals surface area contributed by atoms with Gasteiger partial charge in [0.25, 0.3) is 0 Å². The van der Waals surface area contributed by atoms with Gasteiger partial charge in [-0.15, -0.1) is 0 Å². The molecule has 0 fully saturated rings. The molecule has 0 spiro atoms. The van der Waals surface area contributed by atoms with Crippen molar-refractivity contribution in [3.05, 3.63) is 53.6 Å². The molecule has 0 aromatic heterocycles. The van der Waals surface area contributed by atoms with Crippen molar-refractivity contribution in [1.82, 2.24) is 5.32 Å². The minimum Gasteiger partial charge on any atom is -0.497 e. The van der Waals surface area contributed by atoms with Gasteiger partial charge in [-0.2, -0.15) is 0 Å². The summed E-state index contributed by atoms with van der Waals surface area (Å²) in [6.45, 7) is 1.96. The molecule has 0 bridgehead atoms. The van der Waals surface area contributed by atoms with Crippen molar-refractivity contribution in [2.24, 2.45) is 0 Å². The van der Waals surface area contributed by atoms with Crippen LogP contribution in [0.3, 0.4) is 0 Å². The zero-order chi connectivity index (χ0) is 17.2. The van der Waals surface area contributed by atoms with Gasteiger partial charge in [0.2, 0.25) is 0 Å². The van der Waals surface area contributed by atoms with Gasteiger partial charge in [-0.1, -0.05) is 18.2 Å². The Morgan fingerprint density at radius 1 is 0.750 bits per heavy atom.